The quantitative estimate of drug-likeness (QED) is 0.726. The Balaban J connectivity index is 2.53. The third kappa shape index (κ3) is 1.36. The summed E-state index contributed by atoms with van der Waals surface area (Å²) in [6, 6.07) is 5.51. The Bertz CT molecular complexity index is 409. The van der Waals surface area contributed by atoms with Gasteiger partial charge in [0.25, 0.3) is 0 Å². The minimum atomic E-state index is 0.363. The highest BCUT2D eigenvalue weighted by Gasteiger charge is 2.10. The molecule has 66 valence electrons. The second-order valence-corrected chi connectivity index (χ2v) is 2.89. The normalized spacial score (nSPS) is 10.2. The summed E-state index contributed by atoms with van der Waals surface area (Å²) in [4.78, 5) is 4.10. The summed E-state index contributed by atoms with van der Waals surface area (Å²) in [5.41, 5.74) is 6.79. The highest BCUT2D eigenvalue weighted by Crippen LogP contribution is 2.27. The Labute approximate surface area is 79.7 Å². The summed E-state index contributed by atoms with van der Waals surface area (Å²) in [6.45, 7) is 0. The number of nitrogens with one attached hydrogen (secondary N) is 1. The summed E-state index contributed by atoms with van der Waals surface area (Å²) in [5.74, 6) is 0.363. The SMILES string of the molecule is Nc1[nH]nc(-c2ccccn2)c1Cl. The molecule has 0 bridgehead atoms. The van der Waals surface area contributed by atoms with Crippen molar-refractivity contribution in [2.45, 2.75) is 0 Å². The summed E-state index contributed by atoms with van der Waals surface area (Å²) in [6.07, 6.45) is 1.68. The first kappa shape index (κ1) is 8.07. The van der Waals surface area contributed by atoms with Gasteiger partial charge in [-0.25, -0.2) is 0 Å². The molecule has 13 heavy (non-hydrogen) atoms. The van der Waals surface area contributed by atoms with Crippen LogP contribution in [0.3, 0.4) is 0 Å². The van der Waals surface area contributed by atoms with Gasteiger partial charge in [0, 0.05) is 6.20 Å². The number of anilines is 1. The molecule has 0 aliphatic carbocycles. The van der Waals surface area contributed by atoms with E-state index in [1.165, 1.54) is 0 Å². The van der Waals surface area contributed by atoms with E-state index in [1.807, 2.05) is 18.2 Å². The molecule has 0 saturated carbocycles. The minimum absolute atomic E-state index is 0.363. The fourth-order valence-corrected chi connectivity index (χ4v) is 1.20. The number of nitrogen functional groups attached to an aromatic ring is 1. The maximum atomic E-state index is 5.88. The van der Waals surface area contributed by atoms with Crippen LogP contribution < -0.4 is 5.73 Å². The molecule has 4 nitrogen and oxygen atoms in total. The minimum Gasteiger partial charge on any atom is -0.383 e. The van der Waals surface area contributed by atoms with Crippen LogP contribution >= 0.6 is 11.6 Å². The van der Waals surface area contributed by atoms with Crippen LogP contribution in [0.5, 0.6) is 0 Å². The van der Waals surface area contributed by atoms with E-state index in [4.69, 9.17) is 17.3 Å². The molecule has 0 aromatic carbocycles. The van der Waals surface area contributed by atoms with Crippen LogP contribution in [0.4, 0.5) is 5.82 Å². The molecule has 3 N–H and O–H groups in total. The third-order valence-electron chi connectivity index (χ3n) is 1.64. The zero-order chi connectivity index (χ0) is 9.26. The van der Waals surface area contributed by atoms with Crippen LogP contribution in [-0.2, 0) is 0 Å². The van der Waals surface area contributed by atoms with Gasteiger partial charge in [-0.3, -0.25) is 10.1 Å². The van der Waals surface area contributed by atoms with E-state index in [9.17, 15) is 0 Å². The summed E-state index contributed by atoms with van der Waals surface area (Å²) in [5, 5.41) is 6.95. The van der Waals surface area contributed by atoms with Crippen LogP contribution in [0.2, 0.25) is 5.02 Å². The molecule has 2 rings (SSSR count). The van der Waals surface area contributed by atoms with Crippen LogP contribution in [0, 0.1) is 0 Å². The molecule has 2 aromatic rings. The number of hydrogen-bond donors (Lipinski definition) is 2. The third-order valence-corrected chi connectivity index (χ3v) is 2.02. The molecule has 2 aromatic heterocycles. The molecular formula is C8H7ClN4. The number of pyridine rings is 1. The van der Waals surface area contributed by atoms with Crippen molar-refractivity contribution in [3.63, 3.8) is 0 Å². The van der Waals surface area contributed by atoms with Crippen molar-refractivity contribution >= 4 is 17.4 Å². The topological polar surface area (TPSA) is 67.6 Å². The van der Waals surface area contributed by atoms with E-state index < -0.39 is 0 Å². The zero-order valence-electron chi connectivity index (χ0n) is 6.66. The Morgan fingerprint density at radius 1 is 1.38 bits per heavy atom. The molecule has 2 heterocycles. The summed E-state index contributed by atoms with van der Waals surface area (Å²) >= 11 is 5.88. The standard InChI is InChI=1S/C8H7ClN4/c9-6-7(12-13-8(6)10)5-3-1-2-4-11-5/h1-4H,(H3,10,12,13). The lowest BCUT2D eigenvalue weighted by atomic mass is 10.3. The molecule has 0 radical (unpaired) electrons. The highest BCUT2D eigenvalue weighted by atomic mass is 35.5. The van der Waals surface area contributed by atoms with Crippen LogP contribution in [0.15, 0.2) is 24.4 Å². The molecule has 5 heteroatoms. The van der Waals surface area contributed by atoms with E-state index in [0.717, 1.165) is 0 Å². The molecule has 0 aliphatic rings. The number of halogens is 1. The lowest BCUT2D eigenvalue weighted by Crippen LogP contribution is -1.83. The monoisotopic (exact) mass is 194 g/mol. The molecule has 0 aliphatic heterocycles. The number of aromatic nitrogens is 3. The molecule has 0 amide bonds. The fourth-order valence-electron chi connectivity index (χ4n) is 1.01. The average Bonchev–Trinajstić information content (AvgIpc) is 2.49. The van der Waals surface area contributed by atoms with Gasteiger partial charge in [-0.2, -0.15) is 5.10 Å². The first-order chi connectivity index (χ1) is 6.29. The summed E-state index contributed by atoms with van der Waals surface area (Å²) < 4.78 is 0. The van der Waals surface area contributed by atoms with E-state index in [-0.39, 0.29) is 0 Å². The maximum Gasteiger partial charge on any atom is 0.138 e. The molecule has 0 fully saturated rings. The van der Waals surface area contributed by atoms with Gasteiger partial charge in [0.05, 0.1) is 5.69 Å². The highest BCUT2D eigenvalue weighted by molar-refractivity contribution is 6.35. The van der Waals surface area contributed by atoms with E-state index in [0.29, 0.717) is 22.2 Å². The number of aromatic amines is 1. The van der Waals surface area contributed by atoms with Gasteiger partial charge in [0.15, 0.2) is 0 Å². The van der Waals surface area contributed by atoms with Gasteiger partial charge < -0.3 is 5.73 Å². The summed E-state index contributed by atoms with van der Waals surface area (Å²) in [7, 11) is 0. The first-order valence-corrected chi connectivity index (χ1v) is 4.07. The molecule has 0 saturated heterocycles. The Hall–Kier alpha value is -1.55. The predicted molar refractivity (Wildman–Crippen MR) is 51.2 cm³/mol. The van der Waals surface area contributed by atoms with Crippen molar-refractivity contribution < 1.29 is 0 Å². The van der Waals surface area contributed by atoms with Gasteiger partial charge in [-0.05, 0) is 12.1 Å². The molecular weight excluding hydrogens is 188 g/mol. The smallest absolute Gasteiger partial charge is 0.138 e. The Kier molecular flexibility index (Phi) is 1.90. The molecule has 0 unspecified atom stereocenters. The van der Waals surface area contributed by atoms with Crippen LogP contribution in [0.1, 0.15) is 0 Å². The number of nitrogens with two attached hydrogens (primary N) is 1. The Morgan fingerprint density at radius 3 is 2.77 bits per heavy atom. The van der Waals surface area contributed by atoms with Crippen molar-refractivity contribution in [3.05, 3.63) is 29.4 Å². The van der Waals surface area contributed by atoms with Gasteiger partial charge in [0.1, 0.15) is 16.5 Å². The van der Waals surface area contributed by atoms with Crippen molar-refractivity contribution in [3.8, 4) is 11.4 Å². The fraction of sp³-hybridized carbons (Fsp3) is 0. The lowest BCUT2D eigenvalue weighted by molar-refractivity contribution is 1.09. The predicted octanol–water partition coefficient (Wildman–Crippen LogP) is 1.71. The number of hydrogen-bond acceptors (Lipinski definition) is 3. The second kappa shape index (κ2) is 3.06. The van der Waals surface area contributed by atoms with Crippen molar-refractivity contribution in [1.29, 1.82) is 0 Å². The second-order valence-electron chi connectivity index (χ2n) is 2.51. The van der Waals surface area contributed by atoms with Crippen molar-refractivity contribution in [1.82, 2.24) is 15.2 Å². The largest absolute Gasteiger partial charge is 0.383 e. The number of rotatable bonds is 1. The van der Waals surface area contributed by atoms with E-state index >= 15 is 0 Å². The van der Waals surface area contributed by atoms with Gasteiger partial charge >= 0.3 is 0 Å². The first-order valence-electron chi connectivity index (χ1n) is 3.70. The van der Waals surface area contributed by atoms with Crippen LogP contribution in [-0.4, -0.2) is 15.2 Å². The van der Waals surface area contributed by atoms with Crippen molar-refractivity contribution in [2.24, 2.45) is 0 Å². The number of nitrogens with zero attached hydrogens (tertiary/aromatic N) is 2. The molecule has 0 atom stereocenters. The van der Waals surface area contributed by atoms with E-state index in [2.05, 4.69) is 15.2 Å². The lowest BCUT2D eigenvalue weighted by Gasteiger charge is -1.94. The van der Waals surface area contributed by atoms with Crippen LogP contribution in [0.25, 0.3) is 11.4 Å². The van der Waals surface area contributed by atoms with Crippen molar-refractivity contribution in [2.75, 3.05) is 5.73 Å². The Morgan fingerprint density at radius 2 is 2.23 bits per heavy atom. The van der Waals surface area contributed by atoms with Gasteiger partial charge in [0.2, 0.25) is 0 Å². The zero-order valence-corrected chi connectivity index (χ0v) is 7.42. The average molecular weight is 195 g/mol. The maximum absolute atomic E-state index is 5.88. The van der Waals surface area contributed by atoms with Gasteiger partial charge in [-0.1, -0.05) is 17.7 Å². The molecule has 0 spiro atoms. The number of H-pyrrole nitrogens is 1. The van der Waals surface area contributed by atoms with E-state index in [1.54, 1.807) is 6.20 Å². The van der Waals surface area contributed by atoms with Gasteiger partial charge in [-0.15, -0.1) is 0 Å².